The van der Waals surface area contributed by atoms with E-state index in [4.69, 9.17) is 5.73 Å². The monoisotopic (exact) mass is 458 g/mol. The highest BCUT2D eigenvalue weighted by Gasteiger charge is 2.15. The van der Waals surface area contributed by atoms with E-state index in [1.807, 2.05) is 31.2 Å². The molecule has 0 radical (unpaired) electrons. The number of rotatable bonds is 5. The van der Waals surface area contributed by atoms with Gasteiger partial charge in [0, 0.05) is 3.57 Å². The van der Waals surface area contributed by atoms with Gasteiger partial charge in [-0.25, -0.2) is 5.43 Å². The van der Waals surface area contributed by atoms with E-state index in [2.05, 4.69) is 42.6 Å². The number of benzene rings is 2. The van der Waals surface area contributed by atoms with Crippen molar-refractivity contribution in [3.05, 3.63) is 63.2 Å². The number of oxime groups is 1. The zero-order valence-corrected chi connectivity index (χ0v) is 15.7. The van der Waals surface area contributed by atoms with Crippen LogP contribution in [0.2, 0.25) is 0 Å². The van der Waals surface area contributed by atoms with Gasteiger partial charge in [-0.1, -0.05) is 29.8 Å². The van der Waals surface area contributed by atoms with Gasteiger partial charge in [0.2, 0.25) is 0 Å². The topological polar surface area (TPSA) is 106 Å². The fraction of sp³-hybridized carbons (Fsp3) is 0.0667. The summed E-state index contributed by atoms with van der Waals surface area (Å²) in [6.45, 7) is 1.85. The van der Waals surface area contributed by atoms with Crippen LogP contribution in [0, 0.1) is 10.5 Å². The molecule has 0 fully saturated rings. The van der Waals surface area contributed by atoms with Crippen molar-refractivity contribution in [2.75, 3.05) is 0 Å². The van der Waals surface area contributed by atoms with Crippen molar-refractivity contribution in [2.45, 2.75) is 11.8 Å². The predicted octanol–water partition coefficient (Wildman–Crippen LogP) is 2.16. The van der Waals surface area contributed by atoms with E-state index in [1.165, 1.54) is 18.3 Å². The molecule has 0 heterocycles. The molecule has 0 bridgehead atoms. The molecule has 0 aromatic heterocycles. The van der Waals surface area contributed by atoms with Gasteiger partial charge in [0.15, 0.2) is 0 Å². The maximum Gasteiger partial charge on any atom is 0.358 e. The minimum Gasteiger partial charge on any atom is -0.366 e. The van der Waals surface area contributed by atoms with Crippen molar-refractivity contribution < 1.29 is 12.7 Å². The van der Waals surface area contributed by atoms with Gasteiger partial charge < -0.3 is 5.73 Å². The summed E-state index contributed by atoms with van der Waals surface area (Å²) in [6, 6.07) is 13.8. The standard InChI is InChI=1S/C15H15IN4O3S/c1-11-5-7-14(8-6-11)24(21,22)23-20-15(17)19-18-10-12-3-2-4-13(16)9-12/h2-10H,1H3,(H3,17,19,20). The molecule has 7 nitrogen and oxygen atoms in total. The van der Waals surface area contributed by atoms with Crippen LogP contribution in [-0.2, 0) is 14.4 Å². The van der Waals surface area contributed by atoms with Gasteiger partial charge in [0.05, 0.1) is 6.21 Å². The normalized spacial score (nSPS) is 12.3. The number of nitrogens with two attached hydrogens (primary N) is 1. The summed E-state index contributed by atoms with van der Waals surface area (Å²) in [5.74, 6) is -0.285. The van der Waals surface area contributed by atoms with Crippen molar-refractivity contribution in [1.29, 1.82) is 0 Å². The molecule has 2 aromatic carbocycles. The molecular formula is C15H15IN4O3S. The van der Waals surface area contributed by atoms with Crippen LogP contribution < -0.4 is 11.2 Å². The fourth-order valence-electron chi connectivity index (χ4n) is 1.62. The summed E-state index contributed by atoms with van der Waals surface area (Å²) in [7, 11) is -4.02. The Hall–Kier alpha value is -2.14. The first-order chi connectivity index (χ1) is 11.4. The second kappa shape index (κ2) is 8.11. The lowest BCUT2D eigenvalue weighted by Gasteiger charge is -2.03. The maximum atomic E-state index is 11.9. The quantitative estimate of drug-likeness (QED) is 0.309. The number of nitrogens with zero attached hydrogens (tertiary/aromatic N) is 2. The van der Waals surface area contributed by atoms with Crippen LogP contribution in [0.3, 0.4) is 0 Å². The molecule has 9 heteroatoms. The van der Waals surface area contributed by atoms with E-state index in [0.717, 1.165) is 14.7 Å². The Bertz CT molecular complexity index is 865. The summed E-state index contributed by atoms with van der Waals surface area (Å²) in [5.41, 5.74) is 9.69. The molecule has 0 aliphatic rings. The van der Waals surface area contributed by atoms with Crippen LogP contribution in [0.25, 0.3) is 0 Å². The third kappa shape index (κ3) is 5.49. The largest absolute Gasteiger partial charge is 0.366 e. The Morgan fingerprint density at radius 3 is 2.62 bits per heavy atom. The summed E-state index contributed by atoms with van der Waals surface area (Å²) >= 11 is 2.18. The zero-order valence-electron chi connectivity index (χ0n) is 12.7. The highest BCUT2D eigenvalue weighted by atomic mass is 127. The number of hydrazone groups is 1. The number of hydrogen-bond acceptors (Lipinski definition) is 5. The van der Waals surface area contributed by atoms with Gasteiger partial charge in [-0.3, -0.25) is 4.28 Å². The second-order valence-electron chi connectivity index (χ2n) is 4.74. The van der Waals surface area contributed by atoms with Crippen LogP contribution in [0.4, 0.5) is 0 Å². The maximum absolute atomic E-state index is 11.9. The lowest BCUT2D eigenvalue weighted by Crippen LogP contribution is -2.28. The van der Waals surface area contributed by atoms with E-state index in [0.29, 0.717) is 0 Å². The van der Waals surface area contributed by atoms with Crippen molar-refractivity contribution in [1.82, 2.24) is 5.43 Å². The summed E-state index contributed by atoms with van der Waals surface area (Å²) in [6.07, 6.45) is 1.53. The molecule has 0 amide bonds. The molecule has 0 saturated carbocycles. The molecule has 0 aliphatic carbocycles. The molecule has 0 unspecified atom stereocenters. The van der Waals surface area contributed by atoms with Crippen LogP contribution in [-0.4, -0.2) is 20.6 Å². The molecule has 126 valence electrons. The minimum atomic E-state index is -4.02. The summed E-state index contributed by atoms with van der Waals surface area (Å²) in [4.78, 5) is -0.00740. The van der Waals surface area contributed by atoms with E-state index in [9.17, 15) is 8.42 Å². The van der Waals surface area contributed by atoms with Crippen molar-refractivity contribution in [2.24, 2.45) is 16.0 Å². The average Bonchev–Trinajstić information content (AvgIpc) is 2.54. The Morgan fingerprint density at radius 2 is 1.96 bits per heavy atom. The predicted molar refractivity (Wildman–Crippen MR) is 101 cm³/mol. The van der Waals surface area contributed by atoms with Crippen molar-refractivity contribution in [3.63, 3.8) is 0 Å². The molecule has 0 aliphatic heterocycles. The van der Waals surface area contributed by atoms with Crippen LogP contribution in [0.15, 0.2) is 63.7 Å². The van der Waals surface area contributed by atoms with Gasteiger partial charge in [-0.05, 0) is 64.5 Å². The first kappa shape index (κ1) is 18.2. The van der Waals surface area contributed by atoms with E-state index in [-0.39, 0.29) is 10.9 Å². The number of nitrogens with one attached hydrogen (secondary N) is 1. The van der Waals surface area contributed by atoms with Gasteiger partial charge in [0.1, 0.15) is 4.90 Å². The van der Waals surface area contributed by atoms with Crippen molar-refractivity contribution >= 4 is 44.9 Å². The highest BCUT2D eigenvalue weighted by molar-refractivity contribution is 14.1. The Morgan fingerprint density at radius 1 is 1.25 bits per heavy atom. The van der Waals surface area contributed by atoms with Crippen LogP contribution >= 0.6 is 22.6 Å². The second-order valence-corrected chi connectivity index (χ2v) is 7.52. The molecule has 0 spiro atoms. The third-order valence-corrected chi connectivity index (χ3v) is 4.58. The molecular weight excluding hydrogens is 443 g/mol. The molecule has 3 N–H and O–H groups in total. The molecule has 0 saturated heterocycles. The highest BCUT2D eigenvalue weighted by Crippen LogP contribution is 2.13. The smallest absolute Gasteiger partial charge is 0.358 e. The fourth-order valence-corrected chi connectivity index (χ4v) is 2.92. The van der Waals surface area contributed by atoms with Gasteiger partial charge in [-0.15, -0.1) is 0 Å². The zero-order chi connectivity index (χ0) is 17.6. The Kier molecular flexibility index (Phi) is 6.15. The number of aryl methyl sites for hydroxylation is 1. The van der Waals surface area contributed by atoms with Gasteiger partial charge in [0.25, 0.3) is 5.96 Å². The molecule has 2 rings (SSSR count). The first-order valence-corrected chi connectivity index (χ1v) is 9.24. The lowest BCUT2D eigenvalue weighted by molar-refractivity contribution is 0.336. The average molecular weight is 458 g/mol. The third-order valence-electron chi connectivity index (χ3n) is 2.78. The minimum absolute atomic E-state index is 0.00740. The Balaban J connectivity index is 1.97. The van der Waals surface area contributed by atoms with Crippen LogP contribution in [0.5, 0.6) is 0 Å². The van der Waals surface area contributed by atoms with E-state index >= 15 is 0 Å². The van der Waals surface area contributed by atoms with Gasteiger partial charge in [-0.2, -0.15) is 13.5 Å². The summed E-state index contributed by atoms with van der Waals surface area (Å²) < 4.78 is 29.5. The molecule has 24 heavy (non-hydrogen) atoms. The van der Waals surface area contributed by atoms with E-state index < -0.39 is 10.1 Å². The molecule has 2 aromatic rings. The van der Waals surface area contributed by atoms with E-state index in [1.54, 1.807) is 12.1 Å². The number of hydrogen-bond donors (Lipinski definition) is 2. The van der Waals surface area contributed by atoms with Crippen molar-refractivity contribution in [3.8, 4) is 0 Å². The summed E-state index contributed by atoms with van der Waals surface area (Å²) in [5, 5.41) is 7.18. The molecule has 0 atom stereocenters. The number of guanidine groups is 1. The van der Waals surface area contributed by atoms with Crippen LogP contribution in [0.1, 0.15) is 11.1 Å². The Labute approximate surface area is 153 Å². The van der Waals surface area contributed by atoms with Gasteiger partial charge >= 0.3 is 10.1 Å². The number of halogens is 1. The SMILES string of the molecule is Cc1ccc(S(=O)(=O)ON=C(N)NN=Cc2cccc(I)c2)cc1. The first-order valence-electron chi connectivity index (χ1n) is 6.75. The lowest BCUT2D eigenvalue weighted by atomic mass is 10.2.